The van der Waals surface area contributed by atoms with Gasteiger partial charge in [0.05, 0.1) is 6.61 Å². The molecule has 0 saturated carbocycles. The summed E-state index contributed by atoms with van der Waals surface area (Å²) in [6.07, 6.45) is 3.69. The van der Waals surface area contributed by atoms with Crippen molar-refractivity contribution in [1.29, 1.82) is 0 Å². The summed E-state index contributed by atoms with van der Waals surface area (Å²) in [6.45, 7) is 13.1. The maximum Gasteiger partial charge on any atom is 0.122 e. The number of nitrogens with zero attached hydrogens (tertiary/aromatic N) is 1. The largest absolute Gasteiger partial charge is 0.494 e. The van der Waals surface area contributed by atoms with Gasteiger partial charge in [-0.15, -0.1) is 0 Å². The minimum absolute atomic E-state index is 0.739. The minimum Gasteiger partial charge on any atom is -0.494 e. The van der Waals surface area contributed by atoms with E-state index in [-0.39, 0.29) is 0 Å². The molecule has 0 unspecified atom stereocenters. The Bertz CT molecular complexity index is 437. The zero-order valence-corrected chi connectivity index (χ0v) is 13.9. The summed E-state index contributed by atoms with van der Waals surface area (Å²) < 4.78 is 5.67. The molecule has 1 fully saturated rings. The van der Waals surface area contributed by atoms with E-state index in [0.29, 0.717) is 0 Å². The fourth-order valence-electron chi connectivity index (χ4n) is 3.05. The molecule has 1 aromatic carbocycles. The maximum atomic E-state index is 5.67. The van der Waals surface area contributed by atoms with Crippen LogP contribution >= 0.6 is 0 Å². The van der Waals surface area contributed by atoms with Crippen molar-refractivity contribution in [2.75, 3.05) is 39.3 Å². The van der Waals surface area contributed by atoms with Gasteiger partial charge in [0, 0.05) is 13.1 Å². The summed E-state index contributed by atoms with van der Waals surface area (Å²) in [7, 11) is 0. The molecule has 3 nitrogen and oxygen atoms in total. The molecule has 2 rings (SSSR count). The molecule has 0 atom stereocenters. The van der Waals surface area contributed by atoms with E-state index in [2.05, 4.69) is 36.2 Å². The Balaban J connectivity index is 1.86. The van der Waals surface area contributed by atoms with E-state index < -0.39 is 0 Å². The first-order valence-electron chi connectivity index (χ1n) is 8.37. The van der Waals surface area contributed by atoms with Gasteiger partial charge < -0.3 is 15.0 Å². The Labute approximate surface area is 129 Å². The lowest BCUT2D eigenvalue weighted by molar-refractivity contribution is 0.289. The Morgan fingerprint density at radius 1 is 1.14 bits per heavy atom. The molecule has 118 valence electrons. The van der Waals surface area contributed by atoms with E-state index in [1.54, 1.807) is 0 Å². The van der Waals surface area contributed by atoms with Crippen LogP contribution in [-0.2, 0) is 6.42 Å². The summed E-state index contributed by atoms with van der Waals surface area (Å²) in [4.78, 5) is 2.59. The standard InChI is InChI=1S/C18H30N2O/c1-4-21-18-9-8-17(15(2)16(18)3)7-5-12-20-13-6-10-19-11-14-20/h8-9,19H,4-7,10-14H2,1-3H3. The molecule has 1 heterocycles. The Morgan fingerprint density at radius 2 is 2.00 bits per heavy atom. The Kier molecular flexibility index (Phi) is 6.52. The smallest absolute Gasteiger partial charge is 0.122 e. The lowest BCUT2D eigenvalue weighted by atomic mass is 9.98. The third-order valence-corrected chi connectivity index (χ3v) is 4.50. The van der Waals surface area contributed by atoms with Crippen LogP contribution in [0.1, 0.15) is 36.5 Å². The molecule has 1 aliphatic heterocycles. The van der Waals surface area contributed by atoms with Gasteiger partial charge in [-0.3, -0.25) is 0 Å². The van der Waals surface area contributed by atoms with Crippen molar-refractivity contribution in [1.82, 2.24) is 10.2 Å². The zero-order valence-electron chi connectivity index (χ0n) is 13.9. The molecular weight excluding hydrogens is 260 g/mol. The van der Waals surface area contributed by atoms with Crippen LogP contribution in [0.15, 0.2) is 12.1 Å². The van der Waals surface area contributed by atoms with Crippen LogP contribution in [0, 0.1) is 13.8 Å². The fraction of sp³-hybridized carbons (Fsp3) is 0.667. The lowest BCUT2D eigenvalue weighted by Gasteiger charge is -2.20. The van der Waals surface area contributed by atoms with Crippen LogP contribution in [0.5, 0.6) is 5.75 Å². The van der Waals surface area contributed by atoms with Gasteiger partial charge in [0.25, 0.3) is 0 Å². The van der Waals surface area contributed by atoms with Crippen molar-refractivity contribution in [3.05, 3.63) is 28.8 Å². The highest BCUT2D eigenvalue weighted by Crippen LogP contribution is 2.25. The molecule has 3 heteroatoms. The molecule has 1 saturated heterocycles. The molecule has 0 radical (unpaired) electrons. The summed E-state index contributed by atoms with van der Waals surface area (Å²) >= 11 is 0. The molecule has 1 N–H and O–H groups in total. The van der Waals surface area contributed by atoms with Gasteiger partial charge in [-0.05, 0) is 82.4 Å². The SMILES string of the molecule is CCOc1ccc(CCCN2CCCNCC2)c(C)c1C. The Hall–Kier alpha value is -1.06. The van der Waals surface area contributed by atoms with Crippen molar-refractivity contribution in [2.24, 2.45) is 0 Å². The highest BCUT2D eigenvalue weighted by molar-refractivity contribution is 5.43. The van der Waals surface area contributed by atoms with Gasteiger partial charge in [-0.25, -0.2) is 0 Å². The third kappa shape index (κ3) is 4.72. The summed E-state index contributed by atoms with van der Waals surface area (Å²) in [5.74, 6) is 1.04. The van der Waals surface area contributed by atoms with E-state index in [4.69, 9.17) is 4.74 Å². The first-order valence-corrected chi connectivity index (χ1v) is 8.37. The average Bonchev–Trinajstić information content (AvgIpc) is 2.75. The molecule has 0 amide bonds. The predicted molar refractivity (Wildman–Crippen MR) is 89.3 cm³/mol. The van der Waals surface area contributed by atoms with Crippen molar-refractivity contribution < 1.29 is 4.74 Å². The number of aryl methyl sites for hydroxylation is 1. The number of ether oxygens (including phenoxy) is 1. The monoisotopic (exact) mass is 290 g/mol. The van der Waals surface area contributed by atoms with E-state index in [1.807, 2.05) is 6.92 Å². The number of benzene rings is 1. The third-order valence-electron chi connectivity index (χ3n) is 4.50. The van der Waals surface area contributed by atoms with E-state index in [1.165, 1.54) is 62.1 Å². The van der Waals surface area contributed by atoms with Gasteiger partial charge in [-0.2, -0.15) is 0 Å². The highest BCUT2D eigenvalue weighted by atomic mass is 16.5. The van der Waals surface area contributed by atoms with Gasteiger partial charge in [0.2, 0.25) is 0 Å². The van der Waals surface area contributed by atoms with E-state index >= 15 is 0 Å². The first-order chi connectivity index (χ1) is 10.2. The second-order valence-corrected chi connectivity index (χ2v) is 5.95. The van der Waals surface area contributed by atoms with Crippen LogP contribution in [0.25, 0.3) is 0 Å². The van der Waals surface area contributed by atoms with Gasteiger partial charge >= 0.3 is 0 Å². The zero-order chi connectivity index (χ0) is 15.1. The molecular formula is C18H30N2O. The molecule has 21 heavy (non-hydrogen) atoms. The maximum absolute atomic E-state index is 5.67. The van der Waals surface area contributed by atoms with Crippen molar-refractivity contribution in [2.45, 2.75) is 40.0 Å². The molecule has 1 aliphatic rings. The van der Waals surface area contributed by atoms with Gasteiger partial charge in [0.1, 0.15) is 5.75 Å². The summed E-state index contributed by atoms with van der Waals surface area (Å²) in [6, 6.07) is 4.38. The molecule has 0 bridgehead atoms. The molecule has 0 spiro atoms. The number of hydrogen-bond acceptors (Lipinski definition) is 3. The predicted octanol–water partition coefficient (Wildman–Crippen LogP) is 2.93. The number of rotatable bonds is 6. The van der Waals surface area contributed by atoms with E-state index in [0.717, 1.165) is 18.9 Å². The molecule has 0 aliphatic carbocycles. The summed E-state index contributed by atoms with van der Waals surface area (Å²) in [5.41, 5.74) is 4.18. The fourth-order valence-corrected chi connectivity index (χ4v) is 3.05. The molecule has 0 aromatic heterocycles. The Morgan fingerprint density at radius 3 is 2.81 bits per heavy atom. The minimum atomic E-state index is 0.739. The van der Waals surface area contributed by atoms with Crippen molar-refractivity contribution in [3.8, 4) is 5.75 Å². The average molecular weight is 290 g/mol. The first kappa shape index (κ1) is 16.3. The van der Waals surface area contributed by atoms with Crippen LogP contribution in [0.4, 0.5) is 0 Å². The van der Waals surface area contributed by atoms with Gasteiger partial charge in [0.15, 0.2) is 0 Å². The van der Waals surface area contributed by atoms with Crippen molar-refractivity contribution >= 4 is 0 Å². The number of nitrogens with one attached hydrogen (secondary N) is 1. The summed E-state index contributed by atoms with van der Waals surface area (Å²) in [5, 5.41) is 3.46. The van der Waals surface area contributed by atoms with Gasteiger partial charge in [-0.1, -0.05) is 6.07 Å². The molecule has 1 aromatic rings. The quantitative estimate of drug-likeness (QED) is 0.872. The normalized spacial score (nSPS) is 16.7. The lowest BCUT2D eigenvalue weighted by Crippen LogP contribution is -2.29. The van der Waals surface area contributed by atoms with E-state index in [9.17, 15) is 0 Å². The van der Waals surface area contributed by atoms with Crippen LogP contribution < -0.4 is 10.1 Å². The van der Waals surface area contributed by atoms with Crippen molar-refractivity contribution in [3.63, 3.8) is 0 Å². The topological polar surface area (TPSA) is 24.5 Å². The highest BCUT2D eigenvalue weighted by Gasteiger charge is 2.10. The number of hydrogen-bond donors (Lipinski definition) is 1. The second kappa shape index (κ2) is 8.40. The second-order valence-electron chi connectivity index (χ2n) is 5.95. The van der Waals surface area contributed by atoms with Crippen LogP contribution in [0.3, 0.4) is 0 Å². The van der Waals surface area contributed by atoms with Crippen LogP contribution in [-0.4, -0.2) is 44.2 Å². The van der Waals surface area contributed by atoms with Crippen LogP contribution in [0.2, 0.25) is 0 Å².